The molecule has 1 aliphatic carbocycles. The van der Waals surface area contributed by atoms with Crippen LogP contribution < -0.4 is 0 Å². The molecule has 0 bridgehead atoms. The molecule has 1 fully saturated rings. The largest absolute Gasteiger partial charge is 0.479 e. The van der Waals surface area contributed by atoms with Crippen molar-refractivity contribution in [1.82, 2.24) is 0 Å². The van der Waals surface area contributed by atoms with Crippen molar-refractivity contribution in [2.45, 2.75) is 51.0 Å². The normalized spacial score (nSPS) is 21.3. The van der Waals surface area contributed by atoms with E-state index in [-0.39, 0.29) is 0 Å². The van der Waals surface area contributed by atoms with Gasteiger partial charge in [-0.05, 0) is 19.8 Å². The van der Waals surface area contributed by atoms with Crippen LogP contribution in [0.1, 0.15) is 45.4 Å². The van der Waals surface area contributed by atoms with Crippen LogP contribution in [0, 0.1) is 5.41 Å². The van der Waals surface area contributed by atoms with E-state index in [1.54, 1.807) is 7.11 Å². The molecule has 0 aliphatic heterocycles. The van der Waals surface area contributed by atoms with E-state index in [4.69, 9.17) is 14.9 Å². The highest BCUT2D eigenvalue weighted by atomic mass is 16.5. The fourth-order valence-electron chi connectivity index (χ4n) is 2.10. The zero-order valence-electron chi connectivity index (χ0n) is 9.27. The first-order valence-corrected chi connectivity index (χ1v) is 5.52. The maximum atomic E-state index is 7.88. The predicted molar refractivity (Wildman–Crippen MR) is 56.8 cm³/mol. The quantitative estimate of drug-likeness (QED) is 0.431. The van der Waals surface area contributed by atoms with E-state index in [0.29, 0.717) is 12.5 Å². The fourth-order valence-corrected chi connectivity index (χ4v) is 2.10. The van der Waals surface area contributed by atoms with Gasteiger partial charge in [-0.2, -0.15) is 0 Å². The first-order valence-electron chi connectivity index (χ1n) is 5.52. The van der Waals surface area contributed by atoms with Gasteiger partial charge in [0, 0.05) is 7.11 Å². The van der Waals surface area contributed by atoms with Crippen LogP contribution in [-0.4, -0.2) is 25.2 Å². The molecular weight excluding hydrogens is 178 g/mol. The molecule has 1 N–H and O–H groups in total. The number of methoxy groups -OCH3 is 1. The Balaban J connectivity index is 2.66. The molecule has 0 aromatic carbocycles. The summed E-state index contributed by atoms with van der Waals surface area (Å²) < 4.78 is 10.8. The van der Waals surface area contributed by atoms with Crippen molar-refractivity contribution < 1.29 is 9.47 Å². The lowest BCUT2D eigenvalue weighted by atomic mass is 9.94. The average molecular weight is 199 g/mol. The SMILES string of the molecule is CCOC(=N)C1(OC)CCCCCC1. The third-order valence-electron chi connectivity index (χ3n) is 3.00. The second kappa shape index (κ2) is 5.35. The maximum Gasteiger partial charge on any atom is 0.213 e. The minimum absolute atomic E-state index is 0.324. The molecule has 0 spiro atoms. The summed E-state index contributed by atoms with van der Waals surface area (Å²) in [4.78, 5) is 0. The van der Waals surface area contributed by atoms with Crippen LogP contribution in [0.3, 0.4) is 0 Å². The lowest BCUT2D eigenvalue weighted by Gasteiger charge is -2.30. The minimum Gasteiger partial charge on any atom is -0.479 e. The summed E-state index contributed by atoms with van der Waals surface area (Å²) in [6.45, 7) is 2.47. The molecule has 0 atom stereocenters. The summed E-state index contributed by atoms with van der Waals surface area (Å²) in [5.74, 6) is 0.324. The van der Waals surface area contributed by atoms with E-state index in [0.717, 1.165) is 25.7 Å². The van der Waals surface area contributed by atoms with E-state index in [2.05, 4.69) is 0 Å². The Bertz CT molecular complexity index is 184. The van der Waals surface area contributed by atoms with E-state index in [1.165, 1.54) is 12.8 Å². The van der Waals surface area contributed by atoms with Crippen molar-refractivity contribution in [2.24, 2.45) is 0 Å². The maximum absolute atomic E-state index is 7.88. The van der Waals surface area contributed by atoms with Crippen molar-refractivity contribution in [3.05, 3.63) is 0 Å². The minimum atomic E-state index is -0.424. The Morgan fingerprint density at radius 2 is 1.79 bits per heavy atom. The van der Waals surface area contributed by atoms with Gasteiger partial charge in [0.2, 0.25) is 5.90 Å². The van der Waals surface area contributed by atoms with Gasteiger partial charge in [0.25, 0.3) is 0 Å². The van der Waals surface area contributed by atoms with Crippen molar-refractivity contribution >= 4 is 5.90 Å². The number of nitrogens with one attached hydrogen (secondary N) is 1. The van der Waals surface area contributed by atoms with Crippen molar-refractivity contribution in [3.8, 4) is 0 Å². The molecule has 0 aromatic rings. The molecule has 0 heterocycles. The summed E-state index contributed by atoms with van der Waals surface area (Å²) in [7, 11) is 1.69. The van der Waals surface area contributed by atoms with Gasteiger partial charge in [-0.1, -0.05) is 25.7 Å². The van der Waals surface area contributed by atoms with Crippen LogP contribution in [0.25, 0.3) is 0 Å². The zero-order valence-corrected chi connectivity index (χ0v) is 9.27. The second-order valence-electron chi connectivity index (χ2n) is 3.87. The van der Waals surface area contributed by atoms with Crippen LogP contribution in [0.4, 0.5) is 0 Å². The number of ether oxygens (including phenoxy) is 2. The molecular formula is C11H21NO2. The van der Waals surface area contributed by atoms with E-state index in [1.807, 2.05) is 6.92 Å². The second-order valence-corrected chi connectivity index (χ2v) is 3.87. The summed E-state index contributed by atoms with van der Waals surface area (Å²) >= 11 is 0. The predicted octanol–water partition coefficient (Wildman–Crippen LogP) is 2.74. The number of rotatable bonds is 3. The molecule has 82 valence electrons. The third-order valence-corrected chi connectivity index (χ3v) is 3.00. The van der Waals surface area contributed by atoms with Crippen LogP contribution in [0.2, 0.25) is 0 Å². The van der Waals surface area contributed by atoms with Crippen molar-refractivity contribution in [3.63, 3.8) is 0 Å². The number of hydrogen-bond donors (Lipinski definition) is 1. The first kappa shape index (κ1) is 11.5. The molecule has 1 aliphatic rings. The van der Waals surface area contributed by atoms with Gasteiger partial charge < -0.3 is 9.47 Å². The smallest absolute Gasteiger partial charge is 0.213 e. The summed E-state index contributed by atoms with van der Waals surface area (Å²) in [6, 6.07) is 0. The Labute approximate surface area is 86.3 Å². The summed E-state index contributed by atoms with van der Waals surface area (Å²) in [6.07, 6.45) is 6.66. The van der Waals surface area contributed by atoms with Gasteiger partial charge in [-0.3, -0.25) is 5.41 Å². The average Bonchev–Trinajstić information content (AvgIpc) is 2.44. The van der Waals surface area contributed by atoms with Gasteiger partial charge in [0.15, 0.2) is 0 Å². The molecule has 0 aromatic heterocycles. The fraction of sp³-hybridized carbons (Fsp3) is 0.909. The Morgan fingerprint density at radius 3 is 2.21 bits per heavy atom. The lowest BCUT2D eigenvalue weighted by molar-refractivity contribution is 0.0150. The molecule has 0 amide bonds. The Kier molecular flexibility index (Phi) is 4.39. The summed E-state index contributed by atoms with van der Waals surface area (Å²) in [5.41, 5.74) is -0.424. The molecule has 3 nitrogen and oxygen atoms in total. The van der Waals surface area contributed by atoms with Crippen LogP contribution in [0.15, 0.2) is 0 Å². The zero-order chi connectivity index (χ0) is 10.4. The lowest BCUT2D eigenvalue weighted by Crippen LogP contribution is -2.41. The molecule has 14 heavy (non-hydrogen) atoms. The Hall–Kier alpha value is -0.570. The first-order chi connectivity index (χ1) is 6.75. The van der Waals surface area contributed by atoms with Gasteiger partial charge in [-0.15, -0.1) is 0 Å². The van der Waals surface area contributed by atoms with Crippen LogP contribution in [-0.2, 0) is 9.47 Å². The highest BCUT2D eigenvalue weighted by Gasteiger charge is 2.36. The topological polar surface area (TPSA) is 42.3 Å². The molecule has 3 heteroatoms. The van der Waals surface area contributed by atoms with Gasteiger partial charge >= 0.3 is 0 Å². The van der Waals surface area contributed by atoms with E-state index in [9.17, 15) is 0 Å². The van der Waals surface area contributed by atoms with Crippen molar-refractivity contribution in [2.75, 3.05) is 13.7 Å². The van der Waals surface area contributed by atoms with E-state index >= 15 is 0 Å². The molecule has 0 unspecified atom stereocenters. The van der Waals surface area contributed by atoms with Crippen LogP contribution in [0.5, 0.6) is 0 Å². The highest BCUT2D eigenvalue weighted by molar-refractivity contribution is 5.82. The number of hydrogen-bond acceptors (Lipinski definition) is 3. The Morgan fingerprint density at radius 1 is 1.21 bits per heavy atom. The van der Waals surface area contributed by atoms with Gasteiger partial charge in [0.1, 0.15) is 5.60 Å². The molecule has 0 radical (unpaired) electrons. The highest BCUT2D eigenvalue weighted by Crippen LogP contribution is 2.31. The monoisotopic (exact) mass is 199 g/mol. The molecule has 0 saturated heterocycles. The van der Waals surface area contributed by atoms with E-state index < -0.39 is 5.60 Å². The summed E-state index contributed by atoms with van der Waals surface area (Å²) in [5, 5.41) is 7.88. The standard InChI is InChI=1S/C11H21NO2/c1-3-14-10(12)11(13-2)8-6-4-5-7-9-11/h12H,3-9H2,1-2H3. The molecule has 1 rings (SSSR count). The van der Waals surface area contributed by atoms with Crippen molar-refractivity contribution in [1.29, 1.82) is 5.41 Å². The van der Waals surface area contributed by atoms with Gasteiger partial charge in [-0.25, -0.2) is 0 Å². The molecule has 1 saturated carbocycles. The van der Waals surface area contributed by atoms with Crippen LogP contribution >= 0.6 is 0 Å². The van der Waals surface area contributed by atoms with Gasteiger partial charge in [0.05, 0.1) is 6.61 Å². The third kappa shape index (κ3) is 2.47.